The topological polar surface area (TPSA) is 58.6 Å². The van der Waals surface area contributed by atoms with Gasteiger partial charge in [0.1, 0.15) is 17.6 Å². The second kappa shape index (κ2) is 10.9. The minimum atomic E-state index is -0.664. The first-order chi connectivity index (χ1) is 15.0. The van der Waals surface area contributed by atoms with Gasteiger partial charge in [0, 0.05) is 12.6 Å². The summed E-state index contributed by atoms with van der Waals surface area (Å²) < 4.78 is 19.3. The first kappa shape index (κ1) is 22.8. The third kappa shape index (κ3) is 6.29. The smallest absolute Gasteiger partial charge is 0.242 e. The molecular weight excluding hydrogens is 395 g/mol. The average molecular weight is 427 g/mol. The number of carbonyl (C=O) groups excluding carboxylic acids is 2. The van der Waals surface area contributed by atoms with Gasteiger partial charge in [0.15, 0.2) is 0 Å². The molecule has 31 heavy (non-hydrogen) atoms. The highest BCUT2D eigenvalue weighted by Crippen LogP contribution is 2.19. The van der Waals surface area contributed by atoms with Crippen molar-refractivity contribution in [3.05, 3.63) is 65.5 Å². The summed E-state index contributed by atoms with van der Waals surface area (Å²) in [5.74, 6) is -0.148. The summed E-state index contributed by atoms with van der Waals surface area (Å²) in [5, 5.41) is 3.11. The van der Waals surface area contributed by atoms with E-state index in [0.29, 0.717) is 5.56 Å². The van der Waals surface area contributed by atoms with Crippen molar-refractivity contribution in [2.45, 2.75) is 64.1 Å². The monoisotopic (exact) mass is 426 g/mol. The summed E-state index contributed by atoms with van der Waals surface area (Å²) in [6, 6.07) is 13.1. The normalized spacial score (nSPS) is 15.2. The Balaban J connectivity index is 1.76. The number of ether oxygens (including phenoxy) is 1. The van der Waals surface area contributed by atoms with E-state index in [1.165, 1.54) is 17.4 Å². The maximum Gasteiger partial charge on any atom is 0.242 e. The lowest BCUT2D eigenvalue weighted by molar-refractivity contribution is -0.140. The molecule has 0 aromatic heterocycles. The largest absolute Gasteiger partial charge is 0.497 e. The van der Waals surface area contributed by atoms with Crippen LogP contribution in [-0.4, -0.2) is 35.9 Å². The molecule has 0 radical (unpaired) electrons. The highest BCUT2D eigenvalue weighted by molar-refractivity contribution is 5.88. The van der Waals surface area contributed by atoms with Gasteiger partial charge in [0.05, 0.1) is 13.5 Å². The lowest BCUT2D eigenvalue weighted by Crippen LogP contribution is -2.50. The third-order valence-electron chi connectivity index (χ3n) is 5.93. The lowest BCUT2D eigenvalue weighted by Gasteiger charge is -2.31. The van der Waals surface area contributed by atoms with E-state index in [4.69, 9.17) is 4.74 Å². The molecule has 5 nitrogen and oxygen atoms in total. The molecule has 1 aliphatic rings. The van der Waals surface area contributed by atoms with Crippen molar-refractivity contribution < 1.29 is 18.7 Å². The molecule has 0 saturated heterocycles. The lowest BCUT2D eigenvalue weighted by atomic mass is 9.95. The predicted molar refractivity (Wildman–Crippen MR) is 118 cm³/mol. The Kier molecular flexibility index (Phi) is 8.04. The summed E-state index contributed by atoms with van der Waals surface area (Å²) in [6.45, 7) is 2.00. The molecule has 0 spiro atoms. The summed E-state index contributed by atoms with van der Waals surface area (Å²) >= 11 is 0. The van der Waals surface area contributed by atoms with Crippen LogP contribution in [0.15, 0.2) is 48.5 Å². The molecule has 0 aliphatic heterocycles. The zero-order valence-electron chi connectivity index (χ0n) is 18.3. The van der Waals surface area contributed by atoms with Crippen molar-refractivity contribution in [1.29, 1.82) is 0 Å². The summed E-state index contributed by atoms with van der Waals surface area (Å²) in [5.41, 5.74) is 1.20. The zero-order chi connectivity index (χ0) is 22.2. The maximum absolute atomic E-state index is 14.1. The first-order valence-electron chi connectivity index (χ1n) is 10.9. The quantitative estimate of drug-likeness (QED) is 0.687. The zero-order valence-corrected chi connectivity index (χ0v) is 18.3. The highest BCUT2D eigenvalue weighted by atomic mass is 19.1. The van der Waals surface area contributed by atoms with Crippen molar-refractivity contribution in [1.82, 2.24) is 10.2 Å². The first-order valence-corrected chi connectivity index (χ1v) is 10.9. The molecule has 1 saturated carbocycles. The molecule has 2 aromatic carbocycles. The van der Waals surface area contributed by atoms with Gasteiger partial charge in [-0.05, 0) is 49.1 Å². The van der Waals surface area contributed by atoms with E-state index in [-0.39, 0.29) is 30.8 Å². The van der Waals surface area contributed by atoms with Crippen LogP contribution in [0.1, 0.15) is 50.2 Å². The SMILES string of the molecule is COc1ccc(CN(C(=O)Cc2ccccc2F)[C@@H](C)C(=O)NC2CCCCC2)cc1. The summed E-state index contributed by atoms with van der Waals surface area (Å²) in [7, 11) is 1.59. The third-order valence-corrected chi connectivity index (χ3v) is 5.93. The number of methoxy groups -OCH3 is 1. The average Bonchev–Trinajstić information content (AvgIpc) is 2.79. The Morgan fingerprint density at radius 3 is 2.42 bits per heavy atom. The van der Waals surface area contributed by atoms with E-state index in [1.54, 1.807) is 32.2 Å². The van der Waals surface area contributed by atoms with Crippen LogP contribution in [0, 0.1) is 5.82 Å². The molecule has 166 valence electrons. The van der Waals surface area contributed by atoms with Gasteiger partial charge in [0.25, 0.3) is 0 Å². The molecular formula is C25H31FN2O3. The Bertz CT molecular complexity index is 879. The van der Waals surface area contributed by atoms with E-state index >= 15 is 0 Å². The Labute approximate surface area is 183 Å². The number of hydrogen-bond donors (Lipinski definition) is 1. The molecule has 1 N–H and O–H groups in total. The van der Waals surface area contributed by atoms with Crippen molar-refractivity contribution >= 4 is 11.8 Å². The number of carbonyl (C=O) groups is 2. The Morgan fingerprint density at radius 2 is 1.77 bits per heavy atom. The van der Waals surface area contributed by atoms with E-state index < -0.39 is 11.9 Å². The van der Waals surface area contributed by atoms with Gasteiger partial charge in [-0.2, -0.15) is 0 Å². The highest BCUT2D eigenvalue weighted by Gasteiger charge is 2.28. The number of amides is 2. The molecule has 0 bridgehead atoms. The molecule has 2 amide bonds. The standard InChI is InChI=1S/C25H31FN2O3/c1-18(25(30)27-21-9-4-3-5-10-21)28(17-19-12-14-22(31-2)15-13-19)24(29)16-20-8-6-7-11-23(20)26/h6-8,11-15,18,21H,3-5,9-10,16-17H2,1-2H3,(H,27,30)/t18-/m0/s1. The van der Waals surface area contributed by atoms with Crippen molar-refractivity contribution in [3.63, 3.8) is 0 Å². The van der Waals surface area contributed by atoms with Crippen LogP contribution >= 0.6 is 0 Å². The fraction of sp³-hybridized carbons (Fsp3) is 0.440. The van der Waals surface area contributed by atoms with Crippen LogP contribution in [-0.2, 0) is 22.6 Å². The summed E-state index contributed by atoms with van der Waals surface area (Å²) in [6.07, 6.45) is 5.28. The summed E-state index contributed by atoms with van der Waals surface area (Å²) in [4.78, 5) is 27.7. The predicted octanol–water partition coefficient (Wildman–Crippen LogP) is 4.24. The second-order valence-corrected chi connectivity index (χ2v) is 8.16. The minimum Gasteiger partial charge on any atom is -0.497 e. The molecule has 0 unspecified atom stereocenters. The molecule has 2 aromatic rings. The van der Waals surface area contributed by atoms with E-state index in [1.807, 2.05) is 24.3 Å². The Hall–Kier alpha value is -2.89. The number of hydrogen-bond acceptors (Lipinski definition) is 3. The van der Waals surface area contributed by atoms with Crippen molar-refractivity contribution in [2.75, 3.05) is 7.11 Å². The fourth-order valence-electron chi connectivity index (χ4n) is 3.99. The van der Waals surface area contributed by atoms with Crippen LogP contribution < -0.4 is 10.1 Å². The van der Waals surface area contributed by atoms with E-state index in [0.717, 1.165) is 37.0 Å². The number of rotatable bonds is 8. The molecule has 1 atom stereocenters. The van der Waals surface area contributed by atoms with Crippen LogP contribution in [0.4, 0.5) is 4.39 Å². The van der Waals surface area contributed by atoms with Gasteiger partial charge in [-0.15, -0.1) is 0 Å². The fourth-order valence-corrected chi connectivity index (χ4v) is 3.99. The molecule has 3 rings (SSSR count). The van der Waals surface area contributed by atoms with Crippen molar-refractivity contribution in [3.8, 4) is 5.75 Å². The molecule has 1 fully saturated rings. The number of nitrogens with zero attached hydrogens (tertiary/aromatic N) is 1. The Morgan fingerprint density at radius 1 is 1.10 bits per heavy atom. The van der Waals surface area contributed by atoms with Crippen LogP contribution in [0.3, 0.4) is 0 Å². The van der Waals surface area contributed by atoms with Crippen LogP contribution in [0.2, 0.25) is 0 Å². The van der Waals surface area contributed by atoms with Crippen LogP contribution in [0.5, 0.6) is 5.75 Å². The van der Waals surface area contributed by atoms with Crippen molar-refractivity contribution in [2.24, 2.45) is 0 Å². The van der Waals surface area contributed by atoms with Gasteiger partial charge in [0.2, 0.25) is 11.8 Å². The van der Waals surface area contributed by atoms with E-state index in [2.05, 4.69) is 5.32 Å². The molecule has 0 heterocycles. The van der Waals surface area contributed by atoms with Gasteiger partial charge in [-0.25, -0.2) is 4.39 Å². The molecule has 6 heteroatoms. The maximum atomic E-state index is 14.1. The van der Waals surface area contributed by atoms with Gasteiger partial charge >= 0.3 is 0 Å². The molecule has 1 aliphatic carbocycles. The number of halogens is 1. The van der Waals surface area contributed by atoms with Gasteiger partial charge in [-0.3, -0.25) is 9.59 Å². The minimum absolute atomic E-state index is 0.0934. The van der Waals surface area contributed by atoms with Gasteiger partial charge in [-0.1, -0.05) is 49.6 Å². The number of benzene rings is 2. The number of nitrogens with one attached hydrogen (secondary N) is 1. The second-order valence-electron chi connectivity index (χ2n) is 8.16. The van der Waals surface area contributed by atoms with E-state index in [9.17, 15) is 14.0 Å². The van der Waals surface area contributed by atoms with Crippen LogP contribution in [0.25, 0.3) is 0 Å². The van der Waals surface area contributed by atoms with Gasteiger partial charge < -0.3 is 15.0 Å².